The quantitative estimate of drug-likeness (QED) is 0.448. The molecule has 98 valence electrons. The van der Waals surface area contributed by atoms with E-state index in [0.717, 1.165) is 12.7 Å². The van der Waals surface area contributed by atoms with Crippen molar-refractivity contribution in [2.75, 3.05) is 19.8 Å². The zero-order valence-electron chi connectivity index (χ0n) is 9.70. The normalized spacial score (nSPS) is 12.2. The molecule has 0 aliphatic heterocycles. The lowest BCUT2D eigenvalue weighted by Gasteiger charge is -2.12. The molecule has 0 aliphatic rings. The van der Waals surface area contributed by atoms with Crippen molar-refractivity contribution in [3.8, 4) is 0 Å². The Kier molecular flexibility index (Phi) is 9.04. The van der Waals surface area contributed by atoms with Crippen LogP contribution in [0.3, 0.4) is 0 Å². The highest BCUT2D eigenvalue weighted by molar-refractivity contribution is 5.61. The Bertz CT molecular complexity index is 267. The van der Waals surface area contributed by atoms with E-state index in [1.54, 1.807) is 6.08 Å². The topological polar surface area (TPSA) is 96.2 Å². The van der Waals surface area contributed by atoms with Crippen molar-refractivity contribution in [2.24, 2.45) is 5.92 Å². The van der Waals surface area contributed by atoms with Crippen LogP contribution in [0.5, 0.6) is 0 Å². The van der Waals surface area contributed by atoms with Gasteiger partial charge >= 0.3 is 6.16 Å². The van der Waals surface area contributed by atoms with Crippen molar-refractivity contribution in [1.29, 1.82) is 0 Å². The summed E-state index contributed by atoms with van der Waals surface area (Å²) in [5, 5.41) is 26.7. The number of hydrogen-bond donors (Lipinski definition) is 3. The van der Waals surface area contributed by atoms with Crippen molar-refractivity contribution in [3.05, 3.63) is 24.2 Å². The van der Waals surface area contributed by atoms with Gasteiger partial charge in [-0.2, -0.15) is 0 Å². The second-order valence-electron chi connectivity index (χ2n) is 3.18. The summed E-state index contributed by atoms with van der Waals surface area (Å²) < 4.78 is 9.10. The molecule has 0 atom stereocenters. The van der Waals surface area contributed by atoms with E-state index in [9.17, 15) is 4.79 Å². The summed E-state index contributed by atoms with van der Waals surface area (Å²) in [6, 6.07) is 0. The summed E-state index contributed by atoms with van der Waals surface area (Å²) in [6.45, 7) is 0.750. The number of aliphatic hydroxyl groups is 3. The van der Waals surface area contributed by atoms with Crippen LogP contribution in [0.15, 0.2) is 24.2 Å². The molecule has 0 amide bonds. The van der Waals surface area contributed by atoms with Gasteiger partial charge in [-0.15, -0.1) is 0 Å². The van der Waals surface area contributed by atoms with E-state index in [1.807, 2.05) is 6.92 Å². The average Bonchev–Trinajstić information content (AvgIpc) is 2.34. The van der Waals surface area contributed by atoms with Gasteiger partial charge in [0.1, 0.15) is 6.26 Å². The van der Waals surface area contributed by atoms with Crippen molar-refractivity contribution < 1.29 is 29.6 Å². The van der Waals surface area contributed by atoms with Gasteiger partial charge in [-0.1, -0.05) is 6.92 Å². The molecular weight excluding hydrogens is 228 g/mol. The number of rotatable bonds is 7. The van der Waals surface area contributed by atoms with Crippen LogP contribution in [0.1, 0.15) is 13.3 Å². The van der Waals surface area contributed by atoms with Gasteiger partial charge in [0, 0.05) is 5.92 Å². The Morgan fingerprint density at radius 2 is 1.88 bits per heavy atom. The fraction of sp³-hybridized carbons (Fsp3) is 0.545. The van der Waals surface area contributed by atoms with Crippen LogP contribution >= 0.6 is 0 Å². The van der Waals surface area contributed by atoms with Gasteiger partial charge in [-0.25, -0.2) is 4.79 Å². The Balaban J connectivity index is 4.25. The molecule has 0 bridgehead atoms. The zero-order chi connectivity index (χ0) is 13.1. The monoisotopic (exact) mass is 246 g/mol. The summed E-state index contributed by atoms with van der Waals surface area (Å²) in [5.74, 6) is -0.654. The summed E-state index contributed by atoms with van der Waals surface area (Å²) >= 11 is 0. The first-order chi connectivity index (χ1) is 8.19. The third kappa shape index (κ3) is 6.72. The van der Waals surface area contributed by atoms with Crippen molar-refractivity contribution in [3.63, 3.8) is 0 Å². The molecule has 0 radical (unpaired) electrons. The number of hydrogen-bond acceptors (Lipinski definition) is 6. The van der Waals surface area contributed by atoms with Crippen LogP contribution < -0.4 is 0 Å². The molecule has 0 aromatic heterocycles. The minimum absolute atomic E-state index is 0.214. The van der Waals surface area contributed by atoms with E-state index in [4.69, 9.17) is 15.3 Å². The Labute approximate surface area is 99.8 Å². The molecule has 6 nitrogen and oxygen atoms in total. The van der Waals surface area contributed by atoms with Gasteiger partial charge in [0.15, 0.2) is 0 Å². The van der Waals surface area contributed by atoms with Gasteiger partial charge in [-0.05, 0) is 18.1 Å². The Hall–Kier alpha value is -1.37. The first-order valence-corrected chi connectivity index (χ1v) is 5.23. The molecule has 0 saturated heterocycles. The maximum atomic E-state index is 11.0. The van der Waals surface area contributed by atoms with Gasteiger partial charge in [-0.3, -0.25) is 0 Å². The molecule has 0 aromatic carbocycles. The molecule has 3 N–H and O–H groups in total. The van der Waals surface area contributed by atoms with Crippen LogP contribution in [0, 0.1) is 5.92 Å². The van der Waals surface area contributed by atoms with Gasteiger partial charge in [0.05, 0.1) is 26.1 Å². The number of ether oxygens (including phenoxy) is 2. The number of allylic oxidation sites excluding steroid dienone is 1. The molecule has 0 heterocycles. The fourth-order valence-electron chi connectivity index (χ4n) is 0.906. The molecule has 0 unspecified atom stereocenters. The second-order valence-corrected chi connectivity index (χ2v) is 3.18. The van der Waals surface area contributed by atoms with Crippen LogP contribution in [0.25, 0.3) is 0 Å². The molecule has 0 spiro atoms. The van der Waals surface area contributed by atoms with Crippen LogP contribution in [0.4, 0.5) is 4.79 Å². The molecule has 17 heavy (non-hydrogen) atoms. The van der Waals surface area contributed by atoms with Gasteiger partial charge in [0.2, 0.25) is 0 Å². The molecule has 0 rings (SSSR count). The van der Waals surface area contributed by atoms with Crippen LogP contribution in [-0.4, -0.2) is 41.3 Å². The lowest BCUT2D eigenvalue weighted by Crippen LogP contribution is -2.17. The third-order valence-corrected chi connectivity index (χ3v) is 1.95. The minimum atomic E-state index is -0.949. The number of carbonyl (C=O) groups is 1. The summed E-state index contributed by atoms with van der Waals surface area (Å²) in [6.07, 6.45) is 3.57. The molecule has 0 aromatic rings. The van der Waals surface area contributed by atoms with E-state index in [-0.39, 0.29) is 18.8 Å². The molecule has 0 fully saturated rings. The van der Waals surface area contributed by atoms with E-state index in [0.29, 0.717) is 0 Å². The first-order valence-electron chi connectivity index (χ1n) is 5.23. The van der Waals surface area contributed by atoms with Gasteiger partial charge in [0.25, 0.3) is 0 Å². The fourth-order valence-corrected chi connectivity index (χ4v) is 0.906. The average molecular weight is 246 g/mol. The third-order valence-electron chi connectivity index (χ3n) is 1.95. The van der Waals surface area contributed by atoms with Crippen molar-refractivity contribution in [2.45, 2.75) is 13.3 Å². The summed E-state index contributed by atoms with van der Waals surface area (Å²) in [7, 11) is 0. The van der Waals surface area contributed by atoms with E-state index in [2.05, 4.69) is 9.47 Å². The first kappa shape index (κ1) is 15.6. The molecule has 0 saturated carbocycles. The predicted octanol–water partition coefficient (Wildman–Crippen LogP) is 0.540. The molecular formula is C11H18O6. The minimum Gasteiger partial charge on any atom is -0.403 e. The smallest absolute Gasteiger partial charge is 0.403 e. The zero-order valence-corrected chi connectivity index (χ0v) is 9.70. The van der Waals surface area contributed by atoms with E-state index < -0.39 is 18.7 Å². The lowest BCUT2D eigenvalue weighted by molar-refractivity contribution is 0.114. The molecule has 0 aliphatic carbocycles. The SMILES string of the molecule is CCC=COC(=O)OC=C(CO)C(CO)CO. The van der Waals surface area contributed by atoms with Crippen molar-refractivity contribution in [1.82, 2.24) is 0 Å². The van der Waals surface area contributed by atoms with Gasteiger partial charge < -0.3 is 24.8 Å². The maximum Gasteiger partial charge on any atom is 0.518 e. The Morgan fingerprint density at radius 1 is 1.24 bits per heavy atom. The second kappa shape index (κ2) is 9.83. The molecule has 6 heteroatoms. The standard InChI is InChI=1S/C11H18O6/c1-2-3-4-16-11(15)17-8-10(7-14)9(5-12)6-13/h3-4,8-9,12-14H,2,5-7H2,1H3. The predicted molar refractivity (Wildman–Crippen MR) is 59.8 cm³/mol. The largest absolute Gasteiger partial charge is 0.518 e. The maximum absolute atomic E-state index is 11.0. The van der Waals surface area contributed by atoms with Crippen LogP contribution in [-0.2, 0) is 9.47 Å². The van der Waals surface area contributed by atoms with E-state index >= 15 is 0 Å². The Morgan fingerprint density at radius 3 is 2.35 bits per heavy atom. The number of carbonyl (C=O) groups excluding carboxylic acids is 1. The van der Waals surface area contributed by atoms with Crippen LogP contribution in [0.2, 0.25) is 0 Å². The lowest BCUT2D eigenvalue weighted by atomic mass is 10.0. The van der Waals surface area contributed by atoms with E-state index in [1.165, 1.54) is 6.26 Å². The highest BCUT2D eigenvalue weighted by atomic mass is 16.7. The van der Waals surface area contributed by atoms with Crippen molar-refractivity contribution >= 4 is 6.16 Å². The summed E-state index contributed by atoms with van der Waals surface area (Å²) in [5.41, 5.74) is 0.214. The number of aliphatic hydroxyl groups excluding tert-OH is 3. The summed E-state index contributed by atoms with van der Waals surface area (Å²) in [4.78, 5) is 11.0. The highest BCUT2D eigenvalue weighted by Gasteiger charge is 2.13. The highest BCUT2D eigenvalue weighted by Crippen LogP contribution is 2.09.